The van der Waals surface area contributed by atoms with Crippen molar-refractivity contribution in [1.82, 2.24) is 5.32 Å². The van der Waals surface area contributed by atoms with Crippen molar-refractivity contribution in [2.45, 2.75) is 63.7 Å². The number of rotatable bonds is 6. The Balaban J connectivity index is 2.33. The van der Waals surface area contributed by atoms with Crippen molar-refractivity contribution >= 4 is 9.84 Å². The Morgan fingerprint density at radius 1 is 1.25 bits per heavy atom. The summed E-state index contributed by atoms with van der Waals surface area (Å²) < 4.78 is 24.0. The van der Waals surface area contributed by atoms with Crippen LogP contribution in [0.1, 0.15) is 52.4 Å². The predicted molar refractivity (Wildman–Crippen MR) is 68.4 cm³/mol. The molecule has 0 aliphatic heterocycles. The Morgan fingerprint density at radius 3 is 2.44 bits per heavy atom. The first-order valence-corrected chi connectivity index (χ1v) is 8.22. The van der Waals surface area contributed by atoms with Crippen LogP contribution in [0.5, 0.6) is 0 Å². The molecule has 0 aromatic rings. The molecule has 1 atom stereocenters. The minimum atomic E-state index is -2.85. The molecule has 1 fully saturated rings. The van der Waals surface area contributed by atoms with E-state index in [1.807, 2.05) is 0 Å². The lowest BCUT2D eigenvalue weighted by Gasteiger charge is -2.22. The molecule has 96 valence electrons. The lowest BCUT2D eigenvalue weighted by atomic mass is 10.0. The minimum absolute atomic E-state index is 0.0556. The maximum Gasteiger partial charge on any atom is 0.154 e. The Kier molecular flexibility index (Phi) is 5.76. The van der Waals surface area contributed by atoms with Crippen LogP contribution in [0, 0.1) is 0 Å². The average molecular weight is 247 g/mol. The molecule has 1 aliphatic carbocycles. The van der Waals surface area contributed by atoms with Crippen LogP contribution >= 0.6 is 0 Å². The van der Waals surface area contributed by atoms with Gasteiger partial charge in [-0.3, -0.25) is 0 Å². The molecule has 0 heterocycles. The highest BCUT2D eigenvalue weighted by Crippen LogP contribution is 2.23. The van der Waals surface area contributed by atoms with Gasteiger partial charge in [0.25, 0.3) is 0 Å². The van der Waals surface area contributed by atoms with Gasteiger partial charge in [-0.15, -0.1) is 0 Å². The van der Waals surface area contributed by atoms with Crippen molar-refractivity contribution in [2.75, 3.05) is 12.3 Å². The van der Waals surface area contributed by atoms with Gasteiger partial charge in [0.05, 0.1) is 11.0 Å². The molecule has 0 spiro atoms. The second kappa shape index (κ2) is 6.60. The van der Waals surface area contributed by atoms with E-state index < -0.39 is 9.84 Å². The second-order valence-electron chi connectivity index (χ2n) is 4.89. The first-order valence-electron chi connectivity index (χ1n) is 6.51. The molecule has 0 aromatic carbocycles. The van der Waals surface area contributed by atoms with E-state index in [2.05, 4.69) is 19.2 Å². The molecular formula is C12H25NO2S. The first kappa shape index (κ1) is 14.0. The topological polar surface area (TPSA) is 46.2 Å². The van der Waals surface area contributed by atoms with Crippen molar-refractivity contribution in [3.63, 3.8) is 0 Å². The van der Waals surface area contributed by atoms with Gasteiger partial charge in [-0.05, 0) is 26.2 Å². The van der Waals surface area contributed by atoms with E-state index in [9.17, 15) is 8.42 Å². The molecule has 1 unspecified atom stereocenters. The minimum Gasteiger partial charge on any atom is -0.313 e. The SMILES string of the molecule is CCC(C)NCCS(=O)(=O)C1CCCCC1. The summed E-state index contributed by atoms with van der Waals surface area (Å²) in [7, 11) is -2.85. The third-order valence-corrected chi connectivity index (χ3v) is 5.81. The maximum absolute atomic E-state index is 12.0. The summed E-state index contributed by atoms with van der Waals surface area (Å²) in [5.41, 5.74) is 0. The summed E-state index contributed by atoms with van der Waals surface area (Å²) in [4.78, 5) is 0. The molecule has 3 nitrogen and oxygen atoms in total. The van der Waals surface area contributed by atoms with E-state index in [0.29, 0.717) is 18.3 Å². The van der Waals surface area contributed by atoms with Crippen molar-refractivity contribution < 1.29 is 8.42 Å². The standard InChI is InChI=1S/C12H25NO2S/c1-3-11(2)13-9-10-16(14,15)12-7-5-4-6-8-12/h11-13H,3-10H2,1-2H3. The monoisotopic (exact) mass is 247 g/mol. The van der Waals surface area contributed by atoms with E-state index in [4.69, 9.17) is 0 Å². The lowest BCUT2D eigenvalue weighted by Crippen LogP contribution is -2.34. The molecule has 1 rings (SSSR count). The summed E-state index contributed by atoms with van der Waals surface area (Å²) in [6.07, 6.45) is 6.18. The molecule has 0 bridgehead atoms. The second-order valence-corrected chi connectivity index (χ2v) is 7.29. The van der Waals surface area contributed by atoms with Crippen LogP contribution < -0.4 is 5.32 Å². The molecule has 1 saturated carbocycles. The molecule has 0 aromatic heterocycles. The van der Waals surface area contributed by atoms with Gasteiger partial charge >= 0.3 is 0 Å². The van der Waals surface area contributed by atoms with Crippen LogP contribution in [0.3, 0.4) is 0 Å². The fourth-order valence-corrected chi connectivity index (χ4v) is 3.97. The fraction of sp³-hybridized carbons (Fsp3) is 1.00. The zero-order chi connectivity index (χ0) is 12.0. The Hall–Kier alpha value is -0.0900. The zero-order valence-electron chi connectivity index (χ0n) is 10.5. The van der Waals surface area contributed by atoms with Gasteiger partial charge in [-0.2, -0.15) is 0 Å². The molecular weight excluding hydrogens is 222 g/mol. The highest BCUT2D eigenvalue weighted by Gasteiger charge is 2.26. The molecule has 4 heteroatoms. The van der Waals surface area contributed by atoms with Crippen LogP contribution in [0.25, 0.3) is 0 Å². The summed E-state index contributed by atoms with van der Waals surface area (Å²) >= 11 is 0. The summed E-state index contributed by atoms with van der Waals surface area (Å²) in [5, 5.41) is 3.19. The summed E-state index contributed by atoms with van der Waals surface area (Å²) in [5.74, 6) is 0.308. The lowest BCUT2D eigenvalue weighted by molar-refractivity contribution is 0.480. The van der Waals surface area contributed by atoms with Crippen LogP contribution in [0.2, 0.25) is 0 Å². The van der Waals surface area contributed by atoms with Gasteiger partial charge in [0, 0.05) is 12.6 Å². The number of sulfone groups is 1. The molecule has 1 aliphatic rings. The van der Waals surface area contributed by atoms with Crippen LogP contribution in [0.15, 0.2) is 0 Å². The average Bonchev–Trinajstić information content (AvgIpc) is 2.30. The third kappa shape index (κ3) is 4.42. The zero-order valence-corrected chi connectivity index (χ0v) is 11.4. The van der Waals surface area contributed by atoms with Gasteiger partial charge in [-0.1, -0.05) is 26.2 Å². The molecule has 0 radical (unpaired) electrons. The van der Waals surface area contributed by atoms with Crippen molar-refractivity contribution in [3.05, 3.63) is 0 Å². The van der Waals surface area contributed by atoms with Gasteiger partial charge in [0.1, 0.15) is 0 Å². The van der Waals surface area contributed by atoms with E-state index >= 15 is 0 Å². The van der Waals surface area contributed by atoms with E-state index in [1.54, 1.807) is 0 Å². The number of hydrogen-bond acceptors (Lipinski definition) is 3. The van der Waals surface area contributed by atoms with E-state index in [-0.39, 0.29) is 5.25 Å². The number of hydrogen-bond donors (Lipinski definition) is 1. The van der Waals surface area contributed by atoms with Crippen LogP contribution in [-0.2, 0) is 9.84 Å². The van der Waals surface area contributed by atoms with Crippen molar-refractivity contribution in [2.24, 2.45) is 0 Å². The van der Waals surface area contributed by atoms with Crippen LogP contribution in [0.4, 0.5) is 0 Å². The van der Waals surface area contributed by atoms with Gasteiger partial charge in [0.15, 0.2) is 9.84 Å². The van der Waals surface area contributed by atoms with Gasteiger partial charge < -0.3 is 5.32 Å². The molecule has 0 amide bonds. The van der Waals surface area contributed by atoms with Gasteiger partial charge in [-0.25, -0.2) is 8.42 Å². The largest absolute Gasteiger partial charge is 0.313 e. The van der Waals surface area contributed by atoms with E-state index in [0.717, 1.165) is 32.1 Å². The predicted octanol–water partition coefficient (Wildman–Crippen LogP) is 2.12. The Labute approximate surface area is 99.9 Å². The van der Waals surface area contributed by atoms with Crippen molar-refractivity contribution in [3.8, 4) is 0 Å². The van der Waals surface area contributed by atoms with Crippen LogP contribution in [-0.4, -0.2) is 32.0 Å². The molecule has 0 saturated heterocycles. The summed E-state index contributed by atoms with van der Waals surface area (Å²) in [6, 6.07) is 0.418. The number of nitrogens with one attached hydrogen (secondary N) is 1. The fourth-order valence-electron chi connectivity index (χ4n) is 2.18. The molecule has 16 heavy (non-hydrogen) atoms. The third-order valence-electron chi connectivity index (χ3n) is 3.55. The maximum atomic E-state index is 12.0. The van der Waals surface area contributed by atoms with Crippen molar-refractivity contribution in [1.29, 1.82) is 0 Å². The van der Waals surface area contributed by atoms with E-state index in [1.165, 1.54) is 6.42 Å². The smallest absolute Gasteiger partial charge is 0.154 e. The highest BCUT2D eigenvalue weighted by molar-refractivity contribution is 7.92. The first-order chi connectivity index (χ1) is 7.56. The molecule has 1 N–H and O–H groups in total. The normalized spacial score (nSPS) is 20.9. The van der Waals surface area contributed by atoms with Gasteiger partial charge in [0.2, 0.25) is 0 Å². The quantitative estimate of drug-likeness (QED) is 0.782. The Morgan fingerprint density at radius 2 is 1.88 bits per heavy atom. The Bertz CT molecular complexity index is 281. The highest BCUT2D eigenvalue weighted by atomic mass is 32.2. The summed E-state index contributed by atoms with van der Waals surface area (Å²) in [6.45, 7) is 4.80.